The van der Waals surface area contributed by atoms with E-state index in [1.54, 1.807) is 0 Å². The molecule has 1 heterocycles. The Morgan fingerprint density at radius 2 is 2.16 bits per heavy atom. The van der Waals surface area contributed by atoms with Gasteiger partial charge in [0.05, 0.1) is 6.61 Å². The maximum absolute atomic E-state index is 6.05. The molecule has 2 N–H and O–H groups in total. The van der Waals surface area contributed by atoms with Crippen LogP contribution in [0.4, 0.5) is 0 Å². The van der Waals surface area contributed by atoms with E-state index in [0.29, 0.717) is 24.7 Å². The van der Waals surface area contributed by atoms with Gasteiger partial charge < -0.3 is 10.5 Å². The highest BCUT2D eigenvalue weighted by atomic mass is 16.5. The summed E-state index contributed by atoms with van der Waals surface area (Å²) >= 11 is 0. The Morgan fingerprint density at radius 1 is 1.42 bits per heavy atom. The predicted octanol–water partition coefficient (Wildman–Crippen LogP) is 2.96. The molecule has 1 saturated heterocycles. The maximum Gasteiger partial charge on any atom is 0.124 e. The number of ether oxygens (including phenoxy) is 1. The molecule has 0 aliphatic carbocycles. The lowest BCUT2D eigenvalue weighted by Crippen LogP contribution is -2.46. The van der Waals surface area contributed by atoms with Crippen molar-refractivity contribution in [3.05, 3.63) is 29.8 Å². The summed E-state index contributed by atoms with van der Waals surface area (Å²) in [5.74, 6) is 1.01. The minimum Gasteiger partial charge on any atom is -0.494 e. The molecule has 0 bridgehead atoms. The number of piperidine rings is 1. The van der Waals surface area contributed by atoms with Crippen LogP contribution < -0.4 is 10.5 Å². The van der Waals surface area contributed by atoms with Crippen molar-refractivity contribution in [2.45, 2.75) is 51.7 Å². The average Bonchev–Trinajstić information content (AvgIpc) is 2.39. The molecule has 0 aromatic heterocycles. The lowest BCUT2D eigenvalue weighted by atomic mass is 9.95. The topological polar surface area (TPSA) is 38.5 Å². The third kappa shape index (κ3) is 3.28. The zero-order chi connectivity index (χ0) is 13.8. The highest BCUT2D eigenvalue weighted by molar-refractivity contribution is 5.35. The smallest absolute Gasteiger partial charge is 0.124 e. The second-order valence-electron chi connectivity index (χ2n) is 5.52. The second-order valence-corrected chi connectivity index (χ2v) is 5.52. The first-order chi connectivity index (χ1) is 9.13. The van der Waals surface area contributed by atoms with Gasteiger partial charge in [-0.1, -0.05) is 18.2 Å². The lowest BCUT2D eigenvalue weighted by molar-refractivity contribution is 0.102. The number of likely N-dealkylation sites (tertiary alicyclic amines) is 1. The second kappa shape index (κ2) is 6.40. The predicted molar refractivity (Wildman–Crippen MR) is 79.4 cm³/mol. The van der Waals surface area contributed by atoms with Gasteiger partial charge in [0.2, 0.25) is 0 Å². The van der Waals surface area contributed by atoms with E-state index in [0.717, 1.165) is 25.1 Å². The summed E-state index contributed by atoms with van der Waals surface area (Å²) in [6.07, 6.45) is 2.17. The quantitative estimate of drug-likeness (QED) is 0.906. The van der Waals surface area contributed by atoms with E-state index in [1.165, 1.54) is 5.56 Å². The van der Waals surface area contributed by atoms with E-state index in [9.17, 15) is 0 Å². The van der Waals surface area contributed by atoms with Crippen molar-refractivity contribution in [1.82, 2.24) is 4.90 Å². The Hall–Kier alpha value is -1.06. The largest absolute Gasteiger partial charge is 0.494 e. The van der Waals surface area contributed by atoms with Crippen LogP contribution in [0.1, 0.15) is 45.2 Å². The zero-order valence-electron chi connectivity index (χ0n) is 12.3. The molecule has 2 rings (SSSR count). The van der Waals surface area contributed by atoms with Gasteiger partial charge in [-0.25, -0.2) is 0 Å². The molecular formula is C16H26N2O. The van der Waals surface area contributed by atoms with Crippen LogP contribution >= 0.6 is 0 Å². The van der Waals surface area contributed by atoms with Gasteiger partial charge in [0, 0.05) is 30.2 Å². The molecule has 1 aromatic carbocycles. The molecule has 3 atom stereocenters. The first-order valence-electron chi connectivity index (χ1n) is 7.36. The van der Waals surface area contributed by atoms with Gasteiger partial charge in [-0.2, -0.15) is 0 Å². The van der Waals surface area contributed by atoms with Crippen molar-refractivity contribution in [2.75, 3.05) is 13.2 Å². The average molecular weight is 262 g/mol. The van der Waals surface area contributed by atoms with E-state index in [4.69, 9.17) is 10.5 Å². The van der Waals surface area contributed by atoms with Crippen molar-refractivity contribution < 1.29 is 4.74 Å². The Labute approximate surface area is 116 Å². The van der Waals surface area contributed by atoms with Gasteiger partial charge in [-0.3, -0.25) is 4.90 Å². The first kappa shape index (κ1) is 14.4. The SMILES string of the molecule is CCOc1ccccc1C(C)N1CCC(N)CC1C. The molecular weight excluding hydrogens is 236 g/mol. The number of benzene rings is 1. The summed E-state index contributed by atoms with van der Waals surface area (Å²) in [6, 6.07) is 9.65. The van der Waals surface area contributed by atoms with Crippen molar-refractivity contribution in [2.24, 2.45) is 5.73 Å². The number of nitrogens with zero attached hydrogens (tertiary/aromatic N) is 1. The third-order valence-electron chi connectivity index (χ3n) is 4.13. The number of nitrogens with two attached hydrogens (primary N) is 1. The first-order valence-corrected chi connectivity index (χ1v) is 7.36. The van der Waals surface area contributed by atoms with Crippen LogP contribution in [-0.2, 0) is 0 Å². The van der Waals surface area contributed by atoms with E-state index < -0.39 is 0 Å². The highest BCUT2D eigenvalue weighted by Gasteiger charge is 2.28. The summed E-state index contributed by atoms with van der Waals surface area (Å²) in [6.45, 7) is 8.36. The van der Waals surface area contributed by atoms with Gasteiger partial charge in [0.15, 0.2) is 0 Å². The normalized spacial score (nSPS) is 26.1. The van der Waals surface area contributed by atoms with Crippen LogP contribution in [0.3, 0.4) is 0 Å². The molecule has 1 aliphatic rings. The van der Waals surface area contributed by atoms with Crippen LogP contribution in [0.5, 0.6) is 5.75 Å². The van der Waals surface area contributed by atoms with E-state index in [2.05, 4.69) is 36.9 Å². The Morgan fingerprint density at radius 3 is 2.84 bits per heavy atom. The molecule has 106 valence electrons. The Balaban J connectivity index is 2.17. The summed E-state index contributed by atoms with van der Waals surface area (Å²) in [5.41, 5.74) is 7.34. The van der Waals surface area contributed by atoms with Crippen LogP contribution in [-0.4, -0.2) is 30.1 Å². The molecule has 3 unspecified atom stereocenters. The van der Waals surface area contributed by atoms with Crippen LogP contribution in [0.25, 0.3) is 0 Å². The molecule has 0 saturated carbocycles. The van der Waals surface area contributed by atoms with E-state index in [1.807, 2.05) is 13.0 Å². The fourth-order valence-corrected chi connectivity index (χ4v) is 3.09. The van der Waals surface area contributed by atoms with Gasteiger partial charge in [0.1, 0.15) is 5.75 Å². The number of hydrogen-bond donors (Lipinski definition) is 1. The molecule has 1 fully saturated rings. The lowest BCUT2D eigenvalue weighted by Gasteiger charge is -2.40. The van der Waals surface area contributed by atoms with Gasteiger partial charge in [0.25, 0.3) is 0 Å². The fourth-order valence-electron chi connectivity index (χ4n) is 3.09. The van der Waals surface area contributed by atoms with Crippen molar-refractivity contribution in [3.8, 4) is 5.75 Å². The molecule has 1 aliphatic heterocycles. The number of para-hydroxylation sites is 1. The van der Waals surface area contributed by atoms with E-state index in [-0.39, 0.29) is 0 Å². The van der Waals surface area contributed by atoms with Crippen molar-refractivity contribution >= 4 is 0 Å². The Kier molecular flexibility index (Phi) is 4.83. The highest BCUT2D eigenvalue weighted by Crippen LogP contribution is 2.33. The third-order valence-corrected chi connectivity index (χ3v) is 4.13. The Bertz CT molecular complexity index is 407. The minimum absolute atomic E-state index is 0.362. The van der Waals surface area contributed by atoms with E-state index >= 15 is 0 Å². The monoisotopic (exact) mass is 262 g/mol. The molecule has 19 heavy (non-hydrogen) atoms. The van der Waals surface area contributed by atoms with Gasteiger partial charge in [-0.05, 0) is 39.7 Å². The van der Waals surface area contributed by atoms with Crippen LogP contribution in [0, 0.1) is 0 Å². The number of rotatable bonds is 4. The summed E-state index contributed by atoms with van der Waals surface area (Å²) in [4.78, 5) is 2.54. The molecule has 1 aromatic rings. The van der Waals surface area contributed by atoms with Gasteiger partial charge in [-0.15, -0.1) is 0 Å². The molecule has 3 nitrogen and oxygen atoms in total. The summed E-state index contributed by atoms with van der Waals surface area (Å²) in [7, 11) is 0. The maximum atomic E-state index is 6.05. The zero-order valence-corrected chi connectivity index (χ0v) is 12.3. The fraction of sp³-hybridized carbons (Fsp3) is 0.625. The van der Waals surface area contributed by atoms with Gasteiger partial charge >= 0.3 is 0 Å². The molecule has 3 heteroatoms. The van der Waals surface area contributed by atoms with Crippen molar-refractivity contribution in [3.63, 3.8) is 0 Å². The molecule has 0 radical (unpaired) electrons. The standard InChI is InChI=1S/C16H26N2O/c1-4-19-16-8-6-5-7-15(16)13(3)18-10-9-14(17)11-12(18)2/h5-8,12-14H,4,9-11,17H2,1-3H3. The summed E-state index contributed by atoms with van der Waals surface area (Å²) < 4.78 is 5.75. The minimum atomic E-state index is 0.362. The number of hydrogen-bond acceptors (Lipinski definition) is 3. The van der Waals surface area contributed by atoms with Crippen LogP contribution in [0.15, 0.2) is 24.3 Å². The van der Waals surface area contributed by atoms with Crippen molar-refractivity contribution in [1.29, 1.82) is 0 Å². The molecule has 0 amide bonds. The summed E-state index contributed by atoms with van der Waals surface area (Å²) in [5, 5.41) is 0. The molecule has 0 spiro atoms. The van der Waals surface area contributed by atoms with Crippen LogP contribution in [0.2, 0.25) is 0 Å².